The van der Waals surface area contributed by atoms with Crippen LogP contribution in [0.2, 0.25) is 0 Å². The normalized spacial score (nSPS) is 22.2. The SMILES string of the molecule is CNc1nc(N[C@@H]2C[C@@H](C)N(C)C2)nc2nc(C)cc(C)c12. The Morgan fingerprint density at radius 2 is 2.00 bits per heavy atom. The van der Waals surface area contributed by atoms with E-state index in [1.807, 2.05) is 14.0 Å². The van der Waals surface area contributed by atoms with Gasteiger partial charge in [-0.3, -0.25) is 0 Å². The molecule has 1 aliphatic heterocycles. The summed E-state index contributed by atoms with van der Waals surface area (Å²) in [5.41, 5.74) is 2.87. The average Bonchev–Trinajstić information content (AvgIpc) is 2.75. The van der Waals surface area contributed by atoms with Crippen molar-refractivity contribution >= 4 is 22.8 Å². The van der Waals surface area contributed by atoms with E-state index < -0.39 is 0 Å². The molecule has 3 heterocycles. The molecule has 6 nitrogen and oxygen atoms in total. The van der Waals surface area contributed by atoms with Gasteiger partial charge in [-0.05, 0) is 45.9 Å². The van der Waals surface area contributed by atoms with Crippen LogP contribution in [0.5, 0.6) is 0 Å². The molecule has 0 bridgehead atoms. The van der Waals surface area contributed by atoms with Gasteiger partial charge in [0.15, 0.2) is 5.65 Å². The van der Waals surface area contributed by atoms with E-state index in [0.717, 1.165) is 41.1 Å². The number of aryl methyl sites for hydroxylation is 2. The third-order valence-electron chi connectivity index (χ3n) is 4.45. The summed E-state index contributed by atoms with van der Waals surface area (Å²) in [6.45, 7) is 7.32. The van der Waals surface area contributed by atoms with E-state index in [-0.39, 0.29) is 0 Å². The summed E-state index contributed by atoms with van der Waals surface area (Å²) < 4.78 is 0. The molecule has 2 N–H and O–H groups in total. The molecule has 1 aliphatic rings. The van der Waals surface area contributed by atoms with Crippen LogP contribution in [0.15, 0.2) is 6.07 Å². The van der Waals surface area contributed by atoms with Gasteiger partial charge in [0.1, 0.15) is 5.82 Å². The van der Waals surface area contributed by atoms with Crippen molar-refractivity contribution < 1.29 is 0 Å². The number of hydrogen-bond donors (Lipinski definition) is 2. The maximum Gasteiger partial charge on any atom is 0.226 e. The summed E-state index contributed by atoms with van der Waals surface area (Å²) in [6, 6.07) is 3.03. The van der Waals surface area contributed by atoms with E-state index in [4.69, 9.17) is 0 Å². The number of anilines is 2. The molecule has 118 valence electrons. The molecule has 0 aliphatic carbocycles. The lowest BCUT2D eigenvalue weighted by molar-refractivity contribution is 0.330. The summed E-state index contributed by atoms with van der Waals surface area (Å²) >= 11 is 0. The maximum atomic E-state index is 4.63. The molecule has 0 amide bonds. The highest BCUT2D eigenvalue weighted by Crippen LogP contribution is 2.26. The van der Waals surface area contributed by atoms with E-state index in [0.29, 0.717) is 18.0 Å². The number of aromatic nitrogens is 3. The molecular formula is C16H24N6. The molecule has 0 radical (unpaired) electrons. The van der Waals surface area contributed by atoms with Gasteiger partial charge in [0.25, 0.3) is 0 Å². The summed E-state index contributed by atoms with van der Waals surface area (Å²) in [5.74, 6) is 1.48. The van der Waals surface area contributed by atoms with Crippen molar-refractivity contribution in [1.82, 2.24) is 19.9 Å². The molecule has 2 aromatic rings. The lowest BCUT2D eigenvalue weighted by Crippen LogP contribution is -2.25. The number of likely N-dealkylation sites (tertiary alicyclic amines) is 1. The fourth-order valence-corrected chi connectivity index (χ4v) is 3.20. The minimum absolute atomic E-state index is 0.382. The average molecular weight is 300 g/mol. The molecule has 0 spiro atoms. The van der Waals surface area contributed by atoms with Crippen molar-refractivity contribution in [2.45, 2.75) is 39.3 Å². The van der Waals surface area contributed by atoms with Crippen molar-refractivity contribution in [2.75, 3.05) is 31.3 Å². The predicted molar refractivity (Wildman–Crippen MR) is 90.5 cm³/mol. The molecule has 2 atom stereocenters. The van der Waals surface area contributed by atoms with E-state index in [1.54, 1.807) is 0 Å². The first-order chi connectivity index (χ1) is 10.5. The quantitative estimate of drug-likeness (QED) is 0.906. The van der Waals surface area contributed by atoms with Crippen LogP contribution in [-0.4, -0.2) is 52.6 Å². The smallest absolute Gasteiger partial charge is 0.226 e. The zero-order chi connectivity index (χ0) is 15.9. The van der Waals surface area contributed by atoms with Crippen LogP contribution in [0.4, 0.5) is 11.8 Å². The van der Waals surface area contributed by atoms with Crippen LogP contribution in [0.3, 0.4) is 0 Å². The molecule has 3 rings (SSSR count). The number of nitrogens with one attached hydrogen (secondary N) is 2. The van der Waals surface area contributed by atoms with Crippen molar-refractivity contribution in [2.24, 2.45) is 0 Å². The zero-order valence-corrected chi connectivity index (χ0v) is 13.9. The molecule has 0 aromatic carbocycles. The summed E-state index contributed by atoms with van der Waals surface area (Å²) in [6.07, 6.45) is 1.10. The minimum atomic E-state index is 0.382. The van der Waals surface area contributed by atoms with Crippen LogP contribution < -0.4 is 10.6 Å². The van der Waals surface area contributed by atoms with Gasteiger partial charge >= 0.3 is 0 Å². The van der Waals surface area contributed by atoms with E-state index in [2.05, 4.69) is 57.4 Å². The minimum Gasteiger partial charge on any atom is -0.372 e. The zero-order valence-electron chi connectivity index (χ0n) is 13.9. The lowest BCUT2D eigenvalue weighted by atomic mass is 10.1. The van der Waals surface area contributed by atoms with E-state index in [9.17, 15) is 0 Å². The van der Waals surface area contributed by atoms with Crippen LogP contribution in [-0.2, 0) is 0 Å². The molecule has 6 heteroatoms. The number of pyridine rings is 1. The summed E-state index contributed by atoms with van der Waals surface area (Å²) in [5, 5.41) is 7.63. The predicted octanol–water partition coefficient (Wildman–Crippen LogP) is 2.19. The van der Waals surface area contributed by atoms with Crippen molar-refractivity contribution in [3.63, 3.8) is 0 Å². The highest BCUT2D eigenvalue weighted by molar-refractivity contribution is 5.90. The first kappa shape index (κ1) is 15.0. The second-order valence-electron chi connectivity index (χ2n) is 6.29. The Morgan fingerprint density at radius 1 is 1.23 bits per heavy atom. The second kappa shape index (κ2) is 5.68. The Labute approximate surface area is 131 Å². The second-order valence-corrected chi connectivity index (χ2v) is 6.29. The maximum absolute atomic E-state index is 4.63. The van der Waals surface area contributed by atoms with Crippen LogP contribution in [0.1, 0.15) is 24.6 Å². The summed E-state index contributed by atoms with van der Waals surface area (Å²) in [4.78, 5) is 16.2. The third-order valence-corrected chi connectivity index (χ3v) is 4.45. The van der Waals surface area contributed by atoms with Gasteiger partial charge in [0, 0.05) is 31.4 Å². The number of fused-ring (bicyclic) bond motifs is 1. The molecule has 0 unspecified atom stereocenters. The van der Waals surface area contributed by atoms with Gasteiger partial charge in [-0.1, -0.05) is 0 Å². The standard InChI is InChI=1S/C16H24N6/c1-9-6-10(2)18-15-13(9)14(17-4)20-16(21-15)19-12-7-11(3)22(5)8-12/h6,11-12H,7-8H2,1-5H3,(H2,17,18,19,20,21)/t11-,12-/m1/s1. The molecule has 1 fully saturated rings. The Bertz CT molecular complexity index is 689. The van der Waals surface area contributed by atoms with Crippen molar-refractivity contribution in [3.05, 3.63) is 17.3 Å². The van der Waals surface area contributed by atoms with Crippen molar-refractivity contribution in [1.29, 1.82) is 0 Å². The fourth-order valence-electron chi connectivity index (χ4n) is 3.20. The third kappa shape index (κ3) is 2.70. The van der Waals surface area contributed by atoms with Crippen LogP contribution in [0.25, 0.3) is 11.0 Å². The van der Waals surface area contributed by atoms with Gasteiger partial charge < -0.3 is 15.5 Å². The largest absolute Gasteiger partial charge is 0.372 e. The lowest BCUT2D eigenvalue weighted by Gasteiger charge is -2.15. The highest BCUT2D eigenvalue weighted by atomic mass is 15.2. The van der Waals surface area contributed by atoms with E-state index in [1.165, 1.54) is 0 Å². The topological polar surface area (TPSA) is 66.0 Å². The molecule has 1 saturated heterocycles. The van der Waals surface area contributed by atoms with Gasteiger partial charge in [-0.2, -0.15) is 9.97 Å². The van der Waals surface area contributed by atoms with Crippen LogP contribution >= 0.6 is 0 Å². The summed E-state index contributed by atoms with van der Waals surface area (Å²) in [7, 11) is 4.04. The molecule has 0 saturated carbocycles. The number of rotatable bonds is 3. The monoisotopic (exact) mass is 300 g/mol. The van der Waals surface area contributed by atoms with Gasteiger partial charge in [0.05, 0.1) is 5.39 Å². The Morgan fingerprint density at radius 3 is 2.64 bits per heavy atom. The number of nitrogens with zero attached hydrogens (tertiary/aromatic N) is 4. The fraction of sp³-hybridized carbons (Fsp3) is 0.562. The molecule has 22 heavy (non-hydrogen) atoms. The molecule has 2 aromatic heterocycles. The Hall–Kier alpha value is -1.95. The van der Waals surface area contributed by atoms with Gasteiger partial charge in [0.2, 0.25) is 5.95 Å². The Balaban J connectivity index is 1.97. The van der Waals surface area contributed by atoms with Gasteiger partial charge in [-0.25, -0.2) is 4.98 Å². The van der Waals surface area contributed by atoms with Gasteiger partial charge in [-0.15, -0.1) is 0 Å². The number of hydrogen-bond acceptors (Lipinski definition) is 6. The number of likely N-dealkylation sites (N-methyl/N-ethyl adjacent to an activating group) is 1. The van der Waals surface area contributed by atoms with E-state index >= 15 is 0 Å². The molecular weight excluding hydrogens is 276 g/mol. The first-order valence-corrected chi connectivity index (χ1v) is 7.78. The Kier molecular flexibility index (Phi) is 3.87. The van der Waals surface area contributed by atoms with Crippen molar-refractivity contribution in [3.8, 4) is 0 Å². The van der Waals surface area contributed by atoms with Crippen LogP contribution in [0, 0.1) is 13.8 Å². The highest BCUT2D eigenvalue weighted by Gasteiger charge is 2.26. The first-order valence-electron chi connectivity index (χ1n) is 7.78.